The molecule has 3 N–H and O–H groups in total. The third-order valence-electron chi connectivity index (χ3n) is 5.98. The van der Waals surface area contributed by atoms with Crippen molar-refractivity contribution in [2.75, 3.05) is 7.11 Å². The Labute approximate surface area is 189 Å². The zero-order valence-corrected chi connectivity index (χ0v) is 18.1. The minimum Gasteiger partial charge on any atom is -0.497 e. The number of aryl methyl sites for hydroxylation is 1. The highest BCUT2D eigenvalue weighted by atomic mass is 16.5. The summed E-state index contributed by atoms with van der Waals surface area (Å²) in [5, 5.41) is 17.3. The highest BCUT2D eigenvalue weighted by Gasteiger charge is 2.48. The van der Waals surface area contributed by atoms with Crippen LogP contribution in [0.5, 0.6) is 11.6 Å². The number of imide groups is 1. The maximum absolute atomic E-state index is 13.0. The number of amides is 3. The molecule has 0 saturated carbocycles. The summed E-state index contributed by atoms with van der Waals surface area (Å²) >= 11 is 0. The quantitative estimate of drug-likeness (QED) is 0.411. The van der Waals surface area contributed by atoms with Gasteiger partial charge < -0.3 is 19.7 Å². The Morgan fingerprint density at radius 2 is 1.88 bits per heavy atom. The molecule has 0 radical (unpaired) electrons. The molecule has 0 bridgehead atoms. The summed E-state index contributed by atoms with van der Waals surface area (Å²) in [7, 11) is 1.55. The standard InChI is InChI=1S/C25H22N4O4/c1-15-4-3-5-21(26-15)16-6-9-18(10-7-16)25(23(31)27-24(32)28-25)14-29-13-17-8-11-19(33-2)12-20(17)22(29)30/h3-13,30H,14H2,1-2H3,(H2,27,28,31,32)/t25-/m0/s1. The van der Waals surface area contributed by atoms with E-state index in [2.05, 4.69) is 15.6 Å². The molecule has 1 atom stereocenters. The molecule has 1 aliphatic heterocycles. The Balaban J connectivity index is 1.56. The van der Waals surface area contributed by atoms with E-state index in [0.29, 0.717) is 16.7 Å². The molecule has 0 unspecified atom stereocenters. The lowest BCUT2D eigenvalue weighted by molar-refractivity contribution is -0.124. The van der Waals surface area contributed by atoms with Gasteiger partial charge in [-0.2, -0.15) is 0 Å². The maximum Gasteiger partial charge on any atom is 0.322 e. The predicted molar refractivity (Wildman–Crippen MR) is 123 cm³/mol. The highest BCUT2D eigenvalue weighted by Crippen LogP contribution is 2.35. The topological polar surface area (TPSA) is 105 Å². The molecular weight excluding hydrogens is 420 g/mol. The van der Waals surface area contributed by atoms with Crippen molar-refractivity contribution in [3.05, 3.63) is 78.1 Å². The van der Waals surface area contributed by atoms with Crippen LogP contribution in [0.4, 0.5) is 4.79 Å². The first-order valence-electron chi connectivity index (χ1n) is 10.4. The molecule has 1 fully saturated rings. The molecule has 0 spiro atoms. The van der Waals surface area contributed by atoms with E-state index in [1.54, 1.807) is 42.1 Å². The molecule has 2 aromatic heterocycles. The van der Waals surface area contributed by atoms with Gasteiger partial charge in [0.1, 0.15) is 5.75 Å². The second-order valence-electron chi connectivity index (χ2n) is 8.09. The van der Waals surface area contributed by atoms with Crippen LogP contribution in [0.25, 0.3) is 22.0 Å². The molecule has 4 aromatic rings. The first-order valence-corrected chi connectivity index (χ1v) is 10.4. The second kappa shape index (κ2) is 7.67. The van der Waals surface area contributed by atoms with Crippen LogP contribution in [0.1, 0.15) is 11.3 Å². The summed E-state index contributed by atoms with van der Waals surface area (Å²) in [5.74, 6) is 0.110. The number of rotatable bonds is 5. The summed E-state index contributed by atoms with van der Waals surface area (Å²) in [5.41, 5.74) is 1.83. The van der Waals surface area contributed by atoms with Gasteiger partial charge in [-0.3, -0.25) is 15.1 Å². The molecular formula is C25H22N4O4. The number of nitrogens with one attached hydrogen (secondary N) is 2. The Morgan fingerprint density at radius 1 is 1.09 bits per heavy atom. The molecule has 1 aliphatic rings. The molecule has 33 heavy (non-hydrogen) atoms. The van der Waals surface area contributed by atoms with Gasteiger partial charge in [-0.05, 0) is 42.8 Å². The number of aromatic hydroxyl groups is 1. The van der Waals surface area contributed by atoms with E-state index < -0.39 is 17.5 Å². The Kier molecular flexibility index (Phi) is 4.78. The SMILES string of the molecule is COc1ccc2cn(C[C@@]3(c4ccc(-c5cccc(C)n5)cc4)NC(=O)NC3=O)c(O)c2c1. The molecule has 2 aromatic carbocycles. The lowest BCUT2D eigenvalue weighted by Gasteiger charge is -2.27. The molecule has 0 aliphatic carbocycles. The van der Waals surface area contributed by atoms with Crippen LogP contribution in [0.2, 0.25) is 0 Å². The highest BCUT2D eigenvalue weighted by molar-refractivity contribution is 6.07. The number of urea groups is 1. The van der Waals surface area contributed by atoms with Gasteiger partial charge in [0.2, 0.25) is 0 Å². The van der Waals surface area contributed by atoms with Crippen LogP contribution < -0.4 is 15.4 Å². The Morgan fingerprint density at radius 3 is 2.55 bits per heavy atom. The van der Waals surface area contributed by atoms with Gasteiger partial charge >= 0.3 is 6.03 Å². The number of fused-ring (bicyclic) bond motifs is 1. The zero-order chi connectivity index (χ0) is 23.2. The van der Waals surface area contributed by atoms with E-state index >= 15 is 0 Å². The predicted octanol–water partition coefficient (Wildman–Crippen LogP) is 3.46. The van der Waals surface area contributed by atoms with Crippen molar-refractivity contribution in [3.63, 3.8) is 0 Å². The van der Waals surface area contributed by atoms with Crippen LogP contribution in [-0.2, 0) is 16.9 Å². The Hall–Kier alpha value is -4.33. The van der Waals surface area contributed by atoms with Crippen molar-refractivity contribution in [1.82, 2.24) is 20.2 Å². The average molecular weight is 442 g/mol. The van der Waals surface area contributed by atoms with Crippen molar-refractivity contribution < 1.29 is 19.4 Å². The third kappa shape index (κ3) is 3.45. The van der Waals surface area contributed by atoms with Crippen molar-refractivity contribution >= 4 is 22.7 Å². The summed E-state index contributed by atoms with van der Waals surface area (Å²) in [6.45, 7) is 1.93. The maximum atomic E-state index is 13.0. The lowest BCUT2D eigenvalue weighted by Crippen LogP contribution is -2.47. The summed E-state index contributed by atoms with van der Waals surface area (Å²) < 4.78 is 6.81. The van der Waals surface area contributed by atoms with E-state index in [9.17, 15) is 14.7 Å². The van der Waals surface area contributed by atoms with Crippen molar-refractivity contribution in [3.8, 4) is 22.9 Å². The summed E-state index contributed by atoms with van der Waals surface area (Å²) in [6.07, 6.45) is 1.74. The normalized spacial score (nSPS) is 17.8. The van der Waals surface area contributed by atoms with Crippen LogP contribution in [-0.4, -0.2) is 33.7 Å². The number of carbonyl (C=O) groups excluding carboxylic acids is 2. The second-order valence-corrected chi connectivity index (χ2v) is 8.09. The van der Waals surface area contributed by atoms with Crippen LogP contribution in [0, 0.1) is 6.92 Å². The fourth-order valence-electron chi connectivity index (χ4n) is 4.26. The van der Waals surface area contributed by atoms with E-state index in [-0.39, 0.29) is 12.4 Å². The van der Waals surface area contributed by atoms with Crippen LogP contribution in [0.3, 0.4) is 0 Å². The third-order valence-corrected chi connectivity index (χ3v) is 5.98. The number of ether oxygens (including phenoxy) is 1. The van der Waals surface area contributed by atoms with Gasteiger partial charge in [-0.1, -0.05) is 30.3 Å². The summed E-state index contributed by atoms with van der Waals surface area (Å²) in [4.78, 5) is 29.7. The number of methoxy groups -OCH3 is 1. The number of aromatic nitrogens is 2. The zero-order valence-electron chi connectivity index (χ0n) is 18.1. The van der Waals surface area contributed by atoms with Gasteiger partial charge in [0.05, 0.1) is 19.3 Å². The first kappa shape index (κ1) is 20.6. The molecule has 8 nitrogen and oxygen atoms in total. The van der Waals surface area contributed by atoms with E-state index in [4.69, 9.17) is 4.74 Å². The Bertz CT molecular complexity index is 1390. The molecule has 166 valence electrons. The number of hydrogen-bond donors (Lipinski definition) is 3. The molecule has 8 heteroatoms. The fraction of sp³-hybridized carbons (Fsp3) is 0.160. The van der Waals surface area contributed by atoms with Crippen LogP contribution in [0.15, 0.2) is 66.9 Å². The lowest BCUT2D eigenvalue weighted by atomic mass is 9.88. The largest absolute Gasteiger partial charge is 0.497 e. The van der Waals surface area contributed by atoms with Gasteiger partial charge in [-0.25, -0.2) is 4.79 Å². The van der Waals surface area contributed by atoms with E-state index in [1.165, 1.54) is 0 Å². The molecule has 5 rings (SSSR count). The fourth-order valence-corrected chi connectivity index (χ4v) is 4.26. The number of carbonyl (C=O) groups is 2. The van der Waals surface area contributed by atoms with Crippen molar-refractivity contribution in [2.24, 2.45) is 0 Å². The van der Waals surface area contributed by atoms with E-state index in [1.807, 2.05) is 43.3 Å². The summed E-state index contributed by atoms with van der Waals surface area (Å²) in [6, 6.07) is 17.9. The molecule has 1 saturated heterocycles. The van der Waals surface area contributed by atoms with Gasteiger partial charge in [0.15, 0.2) is 11.4 Å². The van der Waals surface area contributed by atoms with Gasteiger partial charge in [0, 0.05) is 28.2 Å². The smallest absolute Gasteiger partial charge is 0.322 e. The minimum atomic E-state index is -1.38. The number of benzene rings is 2. The monoisotopic (exact) mass is 442 g/mol. The number of nitrogens with zero attached hydrogens (tertiary/aromatic N) is 2. The first-order chi connectivity index (χ1) is 15.9. The van der Waals surface area contributed by atoms with Gasteiger partial charge in [-0.15, -0.1) is 0 Å². The van der Waals surface area contributed by atoms with Crippen molar-refractivity contribution in [2.45, 2.75) is 19.0 Å². The van der Waals surface area contributed by atoms with Gasteiger partial charge in [0.25, 0.3) is 5.91 Å². The molecule has 3 heterocycles. The van der Waals surface area contributed by atoms with Crippen LogP contribution >= 0.6 is 0 Å². The minimum absolute atomic E-state index is 0.00937. The number of pyridine rings is 1. The van der Waals surface area contributed by atoms with Crippen molar-refractivity contribution in [1.29, 1.82) is 0 Å². The number of hydrogen-bond acceptors (Lipinski definition) is 5. The van der Waals surface area contributed by atoms with E-state index in [0.717, 1.165) is 22.3 Å². The molecule has 3 amide bonds. The average Bonchev–Trinajstić information content (AvgIpc) is 3.28.